The molecule has 0 spiro atoms. The Morgan fingerprint density at radius 1 is 1.12 bits per heavy atom. The van der Waals surface area contributed by atoms with Gasteiger partial charge in [-0.2, -0.15) is 13.2 Å². The van der Waals surface area contributed by atoms with Gasteiger partial charge in [-0.3, -0.25) is 4.79 Å². The molecule has 2 aromatic rings. The summed E-state index contributed by atoms with van der Waals surface area (Å²) in [6, 6.07) is 10.2. The smallest absolute Gasteiger partial charge is 0.416 e. The lowest BCUT2D eigenvalue weighted by Gasteiger charge is -2.26. The Balaban J connectivity index is 1.66. The van der Waals surface area contributed by atoms with Gasteiger partial charge in [0.05, 0.1) is 5.56 Å². The lowest BCUT2D eigenvalue weighted by Crippen LogP contribution is -2.31. The summed E-state index contributed by atoms with van der Waals surface area (Å²) in [5, 5.41) is -0.675. The third-order valence-corrected chi connectivity index (χ3v) is 5.55. The van der Waals surface area contributed by atoms with Gasteiger partial charge >= 0.3 is 6.18 Å². The monoisotopic (exact) mass is 381 g/mol. The molecule has 2 heterocycles. The molecule has 1 atom stereocenters. The van der Waals surface area contributed by atoms with E-state index in [1.165, 1.54) is 28.8 Å². The molecule has 2 aromatic carbocycles. The third kappa shape index (κ3) is 2.98. The molecule has 0 N–H and O–H groups in total. The number of fused-ring (bicyclic) bond motifs is 1. The van der Waals surface area contributed by atoms with E-state index >= 15 is 0 Å². The van der Waals surface area contributed by atoms with Crippen molar-refractivity contribution in [2.45, 2.75) is 11.6 Å². The summed E-state index contributed by atoms with van der Waals surface area (Å²) in [4.78, 5) is 14.4. The fourth-order valence-electron chi connectivity index (χ4n) is 3.10. The Morgan fingerprint density at radius 2 is 1.88 bits per heavy atom. The second-order valence-electron chi connectivity index (χ2n) is 5.87. The molecule has 2 aliphatic rings. The number of nitrogens with zero attached hydrogens (tertiary/aromatic N) is 1. The van der Waals surface area contributed by atoms with Crippen molar-refractivity contribution < 1.29 is 27.4 Å². The Bertz CT molecular complexity index is 856. The molecule has 1 amide bonds. The van der Waals surface area contributed by atoms with Crippen LogP contribution in [0.25, 0.3) is 0 Å². The number of ether oxygens (including phenoxy) is 2. The average Bonchev–Trinajstić information content (AvgIpc) is 3.28. The van der Waals surface area contributed by atoms with E-state index in [2.05, 4.69) is 0 Å². The summed E-state index contributed by atoms with van der Waals surface area (Å²) in [6.45, 7) is 0.475. The third-order valence-electron chi connectivity index (χ3n) is 4.30. The van der Waals surface area contributed by atoms with Crippen molar-refractivity contribution in [1.82, 2.24) is 4.90 Å². The number of halogens is 3. The highest BCUT2D eigenvalue weighted by atomic mass is 32.2. The van der Waals surface area contributed by atoms with Crippen LogP contribution >= 0.6 is 11.8 Å². The Morgan fingerprint density at radius 3 is 2.69 bits per heavy atom. The molecular weight excluding hydrogens is 367 g/mol. The van der Waals surface area contributed by atoms with E-state index < -0.39 is 17.1 Å². The van der Waals surface area contributed by atoms with Gasteiger partial charge in [-0.15, -0.1) is 11.8 Å². The summed E-state index contributed by atoms with van der Waals surface area (Å²) in [5.41, 5.74) is -0.231. The van der Waals surface area contributed by atoms with Crippen LogP contribution in [0.3, 0.4) is 0 Å². The number of thioether (sulfide) groups is 1. The molecule has 1 unspecified atom stereocenters. The summed E-state index contributed by atoms with van der Waals surface area (Å²) < 4.78 is 50.6. The first kappa shape index (κ1) is 17.1. The first-order valence-corrected chi connectivity index (χ1v) is 8.98. The van der Waals surface area contributed by atoms with Crippen molar-refractivity contribution in [2.75, 3.05) is 19.1 Å². The van der Waals surface area contributed by atoms with Gasteiger partial charge in [-0.1, -0.05) is 18.2 Å². The molecule has 0 radical (unpaired) electrons. The fourth-order valence-corrected chi connectivity index (χ4v) is 4.39. The summed E-state index contributed by atoms with van der Waals surface area (Å²) in [5.74, 6) is 1.27. The van der Waals surface area contributed by atoms with Crippen LogP contribution < -0.4 is 9.47 Å². The number of hydrogen-bond donors (Lipinski definition) is 0. The quantitative estimate of drug-likeness (QED) is 0.777. The Labute approximate surface area is 151 Å². The molecule has 0 bridgehead atoms. The van der Waals surface area contributed by atoms with Crippen molar-refractivity contribution in [3.05, 3.63) is 59.2 Å². The number of benzene rings is 2. The highest BCUT2D eigenvalue weighted by Crippen LogP contribution is 2.44. The maximum Gasteiger partial charge on any atom is 0.416 e. The van der Waals surface area contributed by atoms with Crippen LogP contribution in [0.1, 0.15) is 26.9 Å². The highest BCUT2D eigenvalue weighted by molar-refractivity contribution is 7.99. The van der Waals surface area contributed by atoms with Crippen LogP contribution in [0.4, 0.5) is 13.2 Å². The second-order valence-corrected chi connectivity index (χ2v) is 7.06. The molecule has 0 aromatic heterocycles. The van der Waals surface area contributed by atoms with Crippen LogP contribution in [0.15, 0.2) is 42.5 Å². The molecule has 136 valence electrons. The molecular formula is C18H14F3NO3S. The minimum Gasteiger partial charge on any atom is -0.454 e. The molecule has 0 aliphatic carbocycles. The first-order valence-electron chi connectivity index (χ1n) is 7.93. The molecule has 26 heavy (non-hydrogen) atoms. The fraction of sp³-hybridized carbons (Fsp3) is 0.278. The molecule has 0 saturated carbocycles. The maximum atomic E-state index is 13.4. The minimum atomic E-state index is -4.47. The zero-order valence-electron chi connectivity index (χ0n) is 13.5. The van der Waals surface area contributed by atoms with Gasteiger partial charge in [-0.25, -0.2) is 0 Å². The normalized spacial score (nSPS) is 19.0. The molecule has 1 saturated heterocycles. The predicted molar refractivity (Wildman–Crippen MR) is 90.2 cm³/mol. The topological polar surface area (TPSA) is 38.8 Å². The summed E-state index contributed by atoms with van der Waals surface area (Å²) >= 11 is 1.33. The standard InChI is InChI=1S/C18H14F3NO3S/c19-18(20,21)13-4-2-1-3-12(13)17-22(7-8-26-17)16(23)11-5-6-14-15(9-11)25-10-24-14/h1-6,9,17H,7-8,10H2. The van der Waals surface area contributed by atoms with Crippen LogP contribution in [0.2, 0.25) is 0 Å². The zero-order valence-corrected chi connectivity index (χ0v) is 14.3. The number of carbonyl (C=O) groups is 1. The molecule has 1 fully saturated rings. The lowest BCUT2D eigenvalue weighted by atomic mass is 10.1. The Kier molecular flexibility index (Phi) is 4.22. The van der Waals surface area contributed by atoms with E-state index in [1.54, 1.807) is 24.3 Å². The predicted octanol–water partition coefficient (Wildman–Crippen LogP) is 4.32. The minimum absolute atomic E-state index is 0.0914. The number of hydrogen-bond acceptors (Lipinski definition) is 4. The number of carbonyl (C=O) groups excluding carboxylic acids is 1. The van der Waals surface area contributed by atoms with Gasteiger partial charge in [0, 0.05) is 17.9 Å². The second kappa shape index (κ2) is 6.42. The van der Waals surface area contributed by atoms with Crippen molar-refractivity contribution >= 4 is 17.7 Å². The molecule has 8 heteroatoms. The van der Waals surface area contributed by atoms with Crippen molar-refractivity contribution in [3.8, 4) is 11.5 Å². The molecule has 4 rings (SSSR count). The number of rotatable bonds is 2. The van der Waals surface area contributed by atoms with Crippen LogP contribution in [-0.2, 0) is 6.18 Å². The van der Waals surface area contributed by atoms with Gasteiger partial charge in [0.15, 0.2) is 11.5 Å². The zero-order chi connectivity index (χ0) is 18.3. The van der Waals surface area contributed by atoms with Crippen molar-refractivity contribution in [2.24, 2.45) is 0 Å². The van der Waals surface area contributed by atoms with Crippen LogP contribution in [0, 0.1) is 0 Å². The SMILES string of the molecule is O=C(c1ccc2c(c1)OCO2)N1CCSC1c1ccccc1C(F)(F)F. The van der Waals surface area contributed by atoms with E-state index in [1.807, 2.05) is 0 Å². The van der Waals surface area contributed by atoms with Gasteiger partial charge in [0.1, 0.15) is 5.37 Å². The maximum absolute atomic E-state index is 13.4. The summed E-state index contributed by atoms with van der Waals surface area (Å²) in [6.07, 6.45) is -4.47. The molecule has 2 aliphatic heterocycles. The van der Waals surface area contributed by atoms with Crippen LogP contribution in [-0.4, -0.2) is 29.9 Å². The van der Waals surface area contributed by atoms with Crippen molar-refractivity contribution in [3.63, 3.8) is 0 Å². The largest absolute Gasteiger partial charge is 0.454 e. The van der Waals surface area contributed by atoms with E-state index in [9.17, 15) is 18.0 Å². The van der Waals surface area contributed by atoms with E-state index in [0.29, 0.717) is 29.4 Å². The highest BCUT2D eigenvalue weighted by Gasteiger charge is 2.39. The Hall–Kier alpha value is -2.35. The number of amides is 1. The van der Waals surface area contributed by atoms with Gasteiger partial charge in [0.25, 0.3) is 5.91 Å². The van der Waals surface area contributed by atoms with Crippen LogP contribution in [0.5, 0.6) is 11.5 Å². The number of alkyl halides is 3. The van der Waals surface area contributed by atoms with E-state index in [0.717, 1.165) is 6.07 Å². The van der Waals surface area contributed by atoms with Crippen molar-refractivity contribution in [1.29, 1.82) is 0 Å². The van der Waals surface area contributed by atoms with E-state index in [-0.39, 0.29) is 18.3 Å². The van der Waals surface area contributed by atoms with Gasteiger partial charge < -0.3 is 14.4 Å². The first-order chi connectivity index (χ1) is 12.4. The van der Waals surface area contributed by atoms with Gasteiger partial charge in [0.2, 0.25) is 6.79 Å². The lowest BCUT2D eigenvalue weighted by molar-refractivity contribution is -0.138. The average molecular weight is 381 g/mol. The molecule has 4 nitrogen and oxygen atoms in total. The van der Waals surface area contributed by atoms with Gasteiger partial charge in [-0.05, 0) is 29.8 Å². The van der Waals surface area contributed by atoms with E-state index in [4.69, 9.17) is 9.47 Å². The summed E-state index contributed by atoms with van der Waals surface area (Å²) in [7, 11) is 0.